The van der Waals surface area contributed by atoms with Crippen molar-refractivity contribution in [3.05, 3.63) is 53.6 Å². The molecule has 4 heteroatoms. The van der Waals surface area contributed by atoms with Gasteiger partial charge in [-0.25, -0.2) is 0 Å². The summed E-state index contributed by atoms with van der Waals surface area (Å²) in [5.41, 5.74) is 5.54. The number of ether oxygens (including phenoxy) is 1. The second-order valence-electron chi connectivity index (χ2n) is 5.48. The number of fused-ring (bicyclic) bond motifs is 1. The van der Waals surface area contributed by atoms with Gasteiger partial charge >= 0.3 is 0 Å². The van der Waals surface area contributed by atoms with Gasteiger partial charge in [0.05, 0.1) is 11.2 Å². The van der Waals surface area contributed by atoms with Crippen molar-refractivity contribution in [2.75, 3.05) is 0 Å². The van der Waals surface area contributed by atoms with Crippen LogP contribution in [0.1, 0.15) is 30.3 Å². The lowest BCUT2D eigenvalue weighted by atomic mass is 10.2. The van der Waals surface area contributed by atoms with E-state index in [-0.39, 0.29) is 0 Å². The summed E-state index contributed by atoms with van der Waals surface area (Å²) in [6.07, 6.45) is 4.69. The molecule has 114 valence electrons. The van der Waals surface area contributed by atoms with E-state index in [0.29, 0.717) is 6.61 Å². The maximum atomic E-state index is 6.04. The molecule has 0 aromatic carbocycles. The Kier molecular flexibility index (Phi) is 4.09. The fourth-order valence-corrected chi connectivity index (χ4v) is 2.77. The zero-order valence-electron chi connectivity index (χ0n) is 13.3. The van der Waals surface area contributed by atoms with Gasteiger partial charge in [0, 0.05) is 30.7 Å². The number of hydrogen-bond donors (Lipinski definition) is 0. The van der Waals surface area contributed by atoms with Crippen molar-refractivity contribution in [1.82, 2.24) is 14.5 Å². The van der Waals surface area contributed by atoms with Gasteiger partial charge in [0.1, 0.15) is 17.9 Å². The quantitative estimate of drug-likeness (QED) is 0.713. The van der Waals surface area contributed by atoms with Crippen molar-refractivity contribution in [3.8, 4) is 5.75 Å². The second kappa shape index (κ2) is 6.18. The van der Waals surface area contributed by atoms with Crippen LogP contribution in [0.25, 0.3) is 11.0 Å². The third-order valence-corrected chi connectivity index (χ3v) is 4.01. The van der Waals surface area contributed by atoms with Gasteiger partial charge in [0.25, 0.3) is 0 Å². The SMILES string of the molecule is CCCn1c(C)c(C)c2nccc(OCc3ccccn3)c21. The van der Waals surface area contributed by atoms with Crippen LogP contribution in [0.4, 0.5) is 0 Å². The summed E-state index contributed by atoms with van der Waals surface area (Å²) < 4.78 is 8.35. The van der Waals surface area contributed by atoms with E-state index in [2.05, 4.69) is 35.3 Å². The molecule has 0 saturated carbocycles. The normalized spacial score (nSPS) is 11.0. The Morgan fingerprint density at radius 2 is 1.95 bits per heavy atom. The third kappa shape index (κ3) is 2.56. The number of aryl methyl sites for hydroxylation is 2. The average Bonchev–Trinajstić information content (AvgIpc) is 2.80. The Hall–Kier alpha value is -2.36. The smallest absolute Gasteiger partial charge is 0.147 e. The first-order valence-corrected chi connectivity index (χ1v) is 7.69. The van der Waals surface area contributed by atoms with E-state index >= 15 is 0 Å². The molecular formula is C18H21N3O. The van der Waals surface area contributed by atoms with Gasteiger partial charge in [-0.05, 0) is 38.0 Å². The Morgan fingerprint density at radius 1 is 1.09 bits per heavy atom. The Morgan fingerprint density at radius 3 is 2.68 bits per heavy atom. The minimum Gasteiger partial charge on any atom is -0.485 e. The first-order chi connectivity index (χ1) is 10.7. The van der Waals surface area contributed by atoms with Crippen LogP contribution in [0.15, 0.2) is 36.7 Å². The molecule has 0 N–H and O–H groups in total. The zero-order valence-corrected chi connectivity index (χ0v) is 13.3. The minimum atomic E-state index is 0.468. The first-order valence-electron chi connectivity index (χ1n) is 7.69. The summed E-state index contributed by atoms with van der Waals surface area (Å²) in [5.74, 6) is 0.875. The fourth-order valence-electron chi connectivity index (χ4n) is 2.77. The third-order valence-electron chi connectivity index (χ3n) is 4.01. The lowest BCUT2D eigenvalue weighted by Gasteiger charge is -2.11. The summed E-state index contributed by atoms with van der Waals surface area (Å²) in [4.78, 5) is 8.85. The minimum absolute atomic E-state index is 0.468. The highest BCUT2D eigenvalue weighted by Gasteiger charge is 2.15. The molecule has 22 heavy (non-hydrogen) atoms. The first kappa shape index (κ1) is 14.6. The van der Waals surface area contributed by atoms with E-state index < -0.39 is 0 Å². The zero-order chi connectivity index (χ0) is 15.5. The molecule has 0 atom stereocenters. The highest BCUT2D eigenvalue weighted by Crippen LogP contribution is 2.31. The molecule has 0 radical (unpaired) electrons. The maximum Gasteiger partial charge on any atom is 0.147 e. The predicted molar refractivity (Wildman–Crippen MR) is 88.1 cm³/mol. The van der Waals surface area contributed by atoms with E-state index in [9.17, 15) is 0 Å². The highest BCUT2D eigenvalue weighted by atomic mass is 16.5. The van der Waals surface area contributed by atoms with Crippen molar-refractivity contribution >= 4 is 11.0 Å². The van der Waals surface area contributed by atoms with E-state index in [4.69, 9.17) is 4.74 Å². The highest BCUT2D eigenvalue weighted by molar-refractivity contribution is 5.86. The number of hydrogen-bond acceptors (Lipinski definition) is 3. The van der Waals surface area contributed by atoms with Crippen molar-refractivity contribution in [3.63, 3.8) is 0 Å². The molecule has 0 fully saturated rings. The van der Waals surface area contributed by atoms with Gasteiger partial charge in [-0.1, -0.05) is 13.0 Å². The second-order valence-corrected chi connectivity index (χ2v) is 5.48. The van der Waals surface area contributed by atoms with Crippen molar-refractivity contribution in [1.29, 1.82) is 0 Å². The van der Waals surface area contributed by atoms with Crippen LogP contribution < -0.4 is 4.74 Å². The molecule has 0 amide bonds. The van der Waals surface area contributed by atoms with Crippen LogP contribution in [-0.2, 0) is 13.2 Å². The summed E-state index contributed by atoms with van der Waals surface area (Å²) in [6, 6.07) is 7.80. The molecule has 0 unspecified atom stereocenters. The van der Waals surface area contributed by atoms with E-state index in [1.54, 1.807) is 6.20 Å². The number of aromatic nitrogens is 3. The average molecular weight is 295 g/mol. The van der Waals surface area contributed by atoms with Crippen LogP contribution in [-0.4, -0.2) is 14.5 Å². The molecule has 0 bridgehead atoms. The molecule has 4 nitrogen and oxygen atoms in total. The summed E-state index contributed by atoms with van der Waals surface area (Å²) >= 11 is 0. The molecule has 3 rings (SSSR count). The molecule has 3 heterocycles. The summed E-state index contributed by atoms with van der Waals surface area (Å²) in [6.45, 7) is 7.90. The Bertz CT molecular complexity index is 778. The standard InChI is InChI=1S/C18H21N3O/c1-4-11-21-14(3)13(2)17-18(21)16(8-10-20-17)22-12-15-7-5-6-9-19-15/h5-10H,4,11-12H2,1-3H3. The molecule has 3 aromatic heterocycles. The number of pyridine rings is 2. The lowest BCUT2D eigenvalue weighted by molar-refractivity contribution is 0.303. The van der Waals surface area contributed by atoms with Crippen LogP contribution in [0, 0.1) is 13.8 Å². The van der Waals surface area contributed by atoms with Gasteiger partial charge in [0.15, 0.2) is 0 Å². The van der Waals surface area contributed by atoms with Crippen molar-refractivity contribution in [2.24, 2.45) is 0 Å². The van der Waals surface area contributed by atoms with Gasteiger partial charge in [0.2, 0.25) is 0 Å². The number of rotatable bonds is 5. The van der Waals surface area contributed by atoms with E-state index in [1.165, 1.54) is 11.3 Å². The summed E-state index contributed by atoms with van der Waals surface area (Å²) in [7, 11) is 0. The van der Waals surface area contributed by atoms with Gasteiger partial charge < -0.3 is 9.30 Å². The summed E-state index contributed by atoms with van der Waals surface area (Å²) in [5, 5.41) is 0. The predicted octanol–water partition coefficient (Wildman–Crippen LogP) is 4.04. The molecule has 0 spiro atoms. The van der Waals surface area contributed by atoms with E-state index in [0.717, 1.165) is 35.4 Å². The largest absolute Gasteiger partial charge is 0.485 e. The molecule has 0 aliphatic carbocycles. The van der Waals surface area contributed by atoms with Crippen LogP contribution in [0.5, 0.6) is 5.75 Å². The van der Waals surface area contributed by atoms with Crippen molar-refractivity contribution < 1.29 is 4.74 Å². The molecule has 3 aromatic rings. The fraction of sp³-hybridized carbons (Fsp3) is 0.333. The molecule has 0 aliphatic heterocycles. The topological polar surface area (TPSA) is 39.9 Å². The Balaban J connectivity index is 2.00. The van der Waals surface area contributed by atoms with E-state index in [1.807, 2.05) is 30.5 Å². The monoisotopic (exact) mass is 295 g/mol. The molecule has 0 saturated heterocycles. The Labute approximate surface area is 130 Å². The number of nitrogens with zero attached hydrogens (tertiary/aromatic N) is 3. The van der Waals surface area contributed by atoms with Crippen LogP contribution in [0.2, 0.25) is 0 Å². The van der Waals surface area contributed by atoms with Crippen molar-refractivity contribution in [2.45, 2.75) is 40.3 Å². The maximum absolute atomic E-state index is 6.04. The lowest BCUT2D eigenvalue weighted by Crippen LogP contribution is -2.03. The van der Waals surface area contributed by atoms with Crippen LogP contribution in [0.3, 0.4) is 0 Å². The van der Waals surface area contributed by atoms with Crippen LogP contribution >= 0.6 is 0 Å². The molecular weight excluding hydrogens is 274 g/mol. The van der Waals surface area contributed by atoms with Gasteiger partial charge in [-0.2, -0.15) is 0 Å². The molecule has 0 aliphatic rings. The van der Waals surface area contributed by atoms with Gasteiger partial charge in [-0.15, -0.1) is 0 Å². The van der Waals surface area contributed by atoms with Gasteiger partial charge in [-0.3, -0.25) is 9.97 Å².